The number of nitrogens with one attached hydrogen (secondary N) is 1. The molecule has 0 aliphatic carbocycles. The van der Waals surface area contributed by atoms with Gasteiger partial charge in [-0.15, -0.1) is 12.4 Å². The monoisotopic (exact) mass is 304 g/mol. The zero-order valence-corrected chi connectivity index (χ0v) is 12.3. The molecule has 2 unspecified atom stereocenters. The Bertz CT molecular complexity index is 441. The van der Waals surface area contributed by atoms with Gasteiger partial charge in [0.2, 0.25) is 0 Å². The summed E-state index contributed by atoms with van der Waals surface area (Å²) in [6, 6.07) is 5.90. The Hall–Kier alpha value is -0.350. The van der Waals surface area contributed by atoms with Crippen molar-refractivity contribution in [1.82, 2.24) is 10.2 Å². The number of rotatable bonds is 2. The number of hydrogen-bond acceptors (Lipinski definition) is 2. The molecule has 2 fully saturated rings. The molecule has 2 heterocycles. The first-order valence-electron chi connectivity index (χ1n) is 6.63. The van der Waals surface area contributed by atoms with Gasteiger partial charge in [0.1, 0.15) is 5.82 Å². The predicted octanol–water partition coefficient (Wildman–Crippen LogP) is 3.23. The molecule has 5 heteroatoms. The third-order valence-electron chi connectivity index (χ3n) is 4.01. The molecule has 2 aliphatic rings. The summed E-state index contributed by atoms with van der Waals surface area (Å²) in [6.45, 7) is 2.87. The Kier molecular flexibility index (Phi) is 5.07. The topological polar surface area (TPSA) is 15.3 Å². The van der Waals surface area contributed by atoms with Gasteiger partial charge in [-0.3, -0.25) is 4.90 Å². The first-order valence-corrected chi connectivity index (χ1v) is 7.01. The highest BCUT2D eigenvalue weighted by atomic mass is 35.5. The van der Waals surface area contributed by atoms with Gasteiger partial charge in [-0.2, -0.15) is 0 Å². The molecule has 0 radical (unpaired) electrons. The highest BCUT2D eigenvalue weighted by molar-refractivity contribution is 6.31. The fourth-order valence-electron chi connectivity index (χ4n) is 3.06. The van der Waals surface area contributed by atoms with Crippen LogP contribution in [-0.2, 0) is 6.54 Å². The summed E-state index contributed by atoms with van der Waals surface area (Å²) in [4.78, 5) is 2.39. The minimum absolute atomic E-state index is 0. The van der Waals surface area contributed by atoms with E-state index in [2.05, 4.69) is 10.2 Å². The zero-order valence-electron chi connectivity index (χ0n) is 10.7. The maximum Gasteiger partial charge on any atom is 0.123 e. The smallest absolute Gasteiger partial charge is 0.123 e. The van der Waals surface area contributed by atoms with Gasteiger partial charge >= 0.3 is 0 Å². The van der Waals surface area contributed by atoms with Crippen LogP contribution in [0.25, 0.3) is 0 Å². The predicted molar refractivity (Wildman–Crippen MR) is 78.5 cm³/mol. The van der Waals surface area contributed by atoms with Crippen LogP contribution in [0.15, 0.2) is 18.2 Å². The van der Waals surface area contributed by atoms with Gasteiger partial charge in [0.15, 0.2) is 0 Å². The van der Waals surface area contributed by atoms with Gasteiger partial charge < -0.3 is 5.32 Å². The molecule has 1 aromatic rings. The van der Waals surface area contributed by atoms with Crippen LogP contribution in [0, 0.1) is 5.82 Å². The molecule has 3 rings (SSSR count). The van der Waals surface area contributed by atoms with E-state index in [4.69, 9.17) is 11.6 Å². The van der Waals surface area contributed by atoms with Crippen molar-refractivity contribution >= 4 is 24.0 Å². The fraction of sp³-hybridized carbons (Fsp3) is 0.571. The second kappa shape index (κ2) is 6.40. The fourth-order valence-corrected chi connectivity index (χ4v) is 3.24. The molecule has 19 heavy (non-hydrogen) atoms. The minimum Gasteiger partial charge on any atom is -0.310 e. The van der Waals surface area contributed by atoms with Crippen LogP contribution in [0.4, 0.5) is 4.39 Å². The Morgan fingerprint density at radius 3 is 2.89 bits per heavy atom. The molecule has 2 saturated heterocycles. The zero-order chi connectivity index (χ0) is 12.5. The summed E-state index contributed by atoms with van der Waals surface area (Å²) < 4.78 is 13.2. The molecule has 1 N–H and O–H groups in total. The van der Waals surface area contributed by atoms with Crippen LogP contribution < -0.4 is 5.32 Å². The molecular weight excluding hydrogens is 286 g/mol. The van der Waals surface area contributed by atoms with Gasteiger partial charge in [-0.25, -0.2) is 4.39 Å². The molecule has 0 aromatic heterocycles. The first kappa shape index (κ1) is 15.0. The maximum atomic E-state index is 13.2. The molecule has 2 nitrogen and oxygen atoms in total. The highest BCUT2D eigenvalue weighted by Gasteiger charge is 2.29. The van der Waals surface area contributed by atoms with Crippen molar-refractivity contribution in [1.29, 1.82) is 0 Å². The van der Waals surface area contributed by atoms with Crippen LogP contribution in [0.3, 0.4) is 0 Å². The van der Waals surface area contributed by atoms with E-state index in [0.717, 1.165) is 25.2 Å². The van der Waals surface area contributed by atoms with Gasteiger partial charge in [0.05, 0.1) is 0 Å². The van der Waals surface area contributed by atoms with Crippen molar-refractivity contribution in [2.75, 3.05) is 13.1 Å². The van der Waals surface area contributed by atoms with Crippen molar-refractivity contribution in [3.8, 4) is 0 Å². The average molecular weight is 305 g/mol. The maximum absolute atomic E-state index is 13.2. The van der Waals surface area contributed by atoms with Crippen LogP contribution in [0.2, 0.25) is 5.02 Å². The van der Waals surface area contributed by atoms with E-state index in [0.29, 0.717) is 17.1 Å². The number of fused-ring (bicyclic) bond motifs is 2. The molecule has 2 aliphatic heterocycles. The molecule has 1 aromatic carbocycles. The Morgan fingerprint density at radius 2 is 2.05 bits per heavy atom. The second-order valence-corrected chi connectivity index (χ2v) is 5.80. The summed E-state index contributed by atoms with van der Waals surface area (Å²) in [7, 11) is 0. The molecule has 106 valence electrons. The van der Waals surface area contributed by atoms with Crippen molar-refractivity contribution in [3.05, 3.63) is 34.6 Å². The summed E-state index contributed by atoms with van der Waals surface area (Å²) in [6.07, 6.45) is 3.75. The van der Waals surface area contributed by atoms with E-state index in [1.54, 1.807) is 12.1 Å². The van der Waals surface area contributed by atoms with Crippen LogP contribution >= 0.6 is 24.0 Å². The number of likely N-dealkylation sites (tertiary alicyclic amines) is 1. The van der Waals surface area contributed by atoms with Gasteiger partial charge in [0, 0.05) is 36.7 Å². The number of hydrogen-bond donors (Lipinski definition) is 1. The van der Waals surface area contributed by atoms with E-state index >= 15 is 0 Å². The van der Waals surface area contributed by atoms with Crippen LogP contribution in [0.5, 0.6) is 0 Å². The van der Waals surface area contributed by atoms with Crippen LogP contribution in [0.1, 0.15) is 24.8 Å². The summed E-state index contributed by atoms with van der Waals surface area (Å²) in [5.74, 6) is -0.205. The first-order chi connectivity index (χ1) is 8.70. The molecule has 0 spiro atoms. The van der Waals surface area contributed by atoms with Gasteiger partial charge in [-0.1, -0.05) is 11.6 Å². The number of nitrogens with zero attached hydrogens (tertiary/aromatic N) is 1. The second-order valence-electron chi connectivity index (χ2n) is 5.40. The normalized spacial score (nSPS) is 26.8. The largest absolute Gasteiger partial charge is 0.310 e. The quantitative estimate of drug-likeness (QED) is 0.902. The third-order valence-corrected chi connectivity index (χ3v) is 4.38. The van der Waals surface area contributed by atoms with Crippen LogP contribution in [-0.4, -0.2) is 30.1 Å². The van der Waals surface area contributed by atoms with E-state index in [1.807, 2.05) is 0 Å². The molecule has 2 bridgehead atoms. The minimum atomic E-state index is -0.205. The van der Waals surface area contributed by atoms with E-state index in [1.165, 1.54) is 25.3 Å². The van der Waals surface area contributed by atoms with Gasteiger partial charge in [-0.05, 0) is 43.0 Å². The number of halogens is 3. The average Bonchev–Trinajstić information content (AvgIpc) is 2.67. The SMILES string of the molecule is Cl.Fc1ccc(Cl)c(CN2CCC3CCC(C2)N3)c1. The van der Waals surface area contributed by atoms with E-state index in [-0.39, 0.29) is 18.2 Å². The lowest BCUT2D eigenvalue weighted by Gasteiger charge is -2.24. The van der Waals surface area contributed by atoms with Crippen molar-refractivity contribution < 1.29 is 4.39 Å². The molecular formula is C14H19Cl2FN2. The Balaban J connectivity index is 0.00000133. The molecule has 2 atom stereocenters. The Morgan fingerprint density at radius 1 is 1.26 bits per heavy atom. The standard InChI is InChI=1S/C14H18ClFN2.ClH/c15-14-4-1-11(16)7-10(14)8-18-6-5-12-2-3-13(9-18)17-12;/h1,4,7,12-13,17H,2-3,5-6,8-9H2;1H. The lowest BCUT2D eigenvalue weighted by atomic mass is 10.1. The Labute approximate surface area is 124 Å². The molecule has 0 saturated carbocycles. The highest BCUT2D eigenvalue weighted by Crippen LogP contribution is 2.24. The summed E-state index contributed by atoms with van der Waals surface area (Å²) in [5, 5.41) is 4.31. The van der Waals surface area contributed by atoms with E-state index < -0.39 is 0 Å². The molecule has 0 amide bonds. The van der Waals surface area contributed by atoms with Crippen molar-refractivity contribution in [2.45, 2.75) is 37.9 Å². The van der Waals surface area contributed by atoms with E-state index in [9.17, 15) is 4.39 Å². The van der Waals surface area contributed by atoms with Gasteiger partial charge in [0.25, 0.3) is 0 Å². The lowest BCUT2D eigenvalue weighted by molar-refractivity contribution is 0.250. The third kappa shape index (κ3) is 3.60. The van der Waals surface area contributed by atoms with Crippen molar-refractivity contribution in [3.63, 3.8) is 0 Å². The van der Waals surface area contributed by atoms with Crippen molar-refractivity contribution in [2.24, 2.45) is 0 Å². The lowest BCUT2D eigenvalue weighted by Crippen LogP contribution is -2.35. The number of benzene rings is 1. The summed E-state index contributed by atoms with van der Waals surface area (Å²) >= 11 is 6.13. The summed E-state index contributed by atoms with van der Waals surface area (Å²) in [5.41, 5.74) is 0.898.